The Hall–Kier alpha value is -5.73. The molecule has 5 aromatic carbocycles. The second kappa shape index (κ2) is 11.7. The molecule has 13 rings (SSSR count). The highest BCUT2D eigenvalue weighted by atomic mass is 32.1. The molecule has 4 nitrogen and oxygen atoms in total. The van der Waals surface area contributed by atoms with E-state index in [-0.39, 0.29) is 17.4 Å². The van der Waals surface area contributed by atoms with Crippen LogP contribution in [0.25, 0.3) is 74.8 Å². The smallest absolute Gasteiger partial charge is 0.164 e. The molecule has 0 amide bonds. The molecule has 9 aromatic rings. The van der Waals surface area contributed by atoms with Crippen molar-refractivity contribution in [2.24, 2.45) is 0 Å². The highest BCUT2D eigenvalue weighted by Crippen LogP contribution is 2.62. The van der Waals surface area contributed by atoms with E-state index in [0.29, 0.717) is 17.5 Å². The van der Waals surface area contributed by atoms with Crippen molar-refractivity contribution in [3.8, 4) is 22.8 Å². The van der Waals surface area contributed by atoms with Crippen molar-refractivity contribution in [2.45, 2.75) is 44.1 Å². The summed E-state index contributed by atoms with van der Waals surface area (Å²) < 4.78 is 5.22. The number of nitrogens with zero attached hydrogens (tertiary/aromatic N) is 4. The third kappa shape index (κ3) is 4.56. The average molecular weight is 787 g/mol. The number of aromatic nitrogens is 3. The van der Waals surface area contributed by atoms with Crippen LogP contribution in [-0.2, 0) is 11.8 Å². The number of hydrogen-bond acceptors (Lipinski definition) is 7. The number of thiophene rings is 3. The molecule has 2 aliphatic heterocycles. The van der Waals surface area contributed by atoms with E-state index in [1.54, 1.807) is 0 Å². The number of fused-ring (bicyclic) bond motifs is 13. The van der Waals surface area contributed by atoms with Gasteiger partial charge in [0.15, 0.2) is 17.5 Å². The predicted molar refractivity (Wildman–Crippen MR) is 243 cm³/mol. The van der Waals surface area contributed by atoms with Gasteiger partial charge in [-0.25, -0.2) is 15.0 Å². The molecule has 0 N–H and O–H groups in total. The lowest BCUT2D eigenvalue weighted by Gasteiger charge is -2.40. The summed E-state index contributed by atoms with van der Waals surface area (Å²) in [5.74, 6) is 2.26. The summed E-state index contributed by atoms with van der Waals surface area (Å²) in [4.78, 5) is 21.5. The van der Waals surface area contributed by atoms with Gasteiger partial charge >= 0.3 is 0 Å². The Morgan fingerprint density at radius 3 is 2.16 bits per heavy atom. The van der Waals surface area contributed by atoms with Crippen molar-refractivity contribution >= 4 is 97.4 Å². The number of benzene rings is 5. The second-order valence-electron chi connectivity index (χ2n) is 16.2. The normalized spacial score (nSPS) is 18.6. The summed E-state index contributed by atoms with van der Waals surface area (Å²) in [6, 6.07) is 38.1. The second-order valence-corrected chi connectivity index (χ2v) is 19.5. The van der Waals surface area contributed by atoms with Gasteiger partial charge in [-0.05, 0) is 78.1 Å². The summed E-state index contributed by atoms with van der Waals surface area (Å²) in [5, 5.41) is 5.13. The zero-order valence-electron chi connectivity index (χ0n) is 31.3. The summed E-state index contributed by atoms with van der Waals surface area (Å²) in [6.45, 7) is 4.80. The van der Waals surface area contributed by atoms with Gasteiger partial charge in [-0.15, -0.1) is 34.0 Å². The fraction of sp³-hybridized carbons (Fsp3) is 0.140. The van der Waals surface area contributed by atoms with Crippen LogP contribution in [0.1, 0.15) is 58.5 Å². The van der Waals surface area contributed by atoms with E-state index in [1.807, 2.05) is 34.0 Å². The van der Waals surface area contributed by atoms with Crippen LogP contribution in [0.3, 0.4) is 0 Å². The molecule has 6 heterocycles. The lowest BCUT2D eigenvalue weighted by Crippen LogP contribution is -2.35. The number of hydrogen-bond donors (Lipinski definition) is 0. The molecule has 0 saturated heterocycles. The molecule has 7 heteroatoms. The molecule has 2 atom stereocenters. The van der Waals surface area contributed by atoms with Gasteiger partial charge in [0.1, 0.15) is 0 Å². The third-order valence-corrected chi connectivity index (χ3v) is 16.5. The molecular weight excluding hydrogens is 753 g/mol. The Bertz CT molecular complexity index is 3320. The molecule has 272 valence electrons. The quantitative estimate of drug-likeness (QED) is 0.179. The Morgan fingerprint density at radius 1 is 0.632 bits per heavy atom. The Morgan fingerprint density at radius 2 is 1.33 bits per heavy atom. The molecule has 0 saturated carbocycles. The van der Waals surface area contributed by atoms with E-state index in [1.165, 1.54) is 78.2 Å². The van der Waals surface area contributed by atoms with E-state index in [2.05, 4.69) is 152 Å². The molecule has 4 aromatic heterocycles. The standard InChI is InChI=1S/C50H34N4S3/c1-50(2)37-14-9-13-32-34-24-27(18-21-38(34)54(44(32)37)45-33-12-5-8-17-41(33)57-46(45)50)47-51-48(28-19-22-42-35(25-28)30-10-3-6-15-39(30)55-42)53-49(52-47)29-20-23-43-36(26-29)31-11-4-7-16-40(31)56-43/h3-6,8-15,17-26,34,38H,7,16H2,1-2H3. The van der Waals surface area contributed by atoms with Crippen LogP contribution < -0.4 is 4.90 Å². The Labute approximate surface area is 341 Å². The number of allylic oxidation sites excluding steroid dienone is 3. The van der Waals surface area contributed by atoms with Gasteiger partial charge in [0.25, 0.3) is 0 Å². The van der Waals surface area contributed by atoms with E-state index >= 15 is 0 Å². The van der Waals surface area contributed by atoms with Gasteiger partial charge in [-0.3, -0.25) is 0 Å². The van der Waals surface area contributed by atoms with Crippen molar-refractivity contribution < 1.29 is 0 Å². The van der Waals surface area contributed by atoms with Gasteiger partial charge in [-0.2, -0.15) is 0 Å². The van der Waals surface area contributed by atoms with Gasteiger partial charge in [0.2, 0.25) is 0 Å². The lowest BCUT2D eigenvalue weighted by molar-refractivity contribution is 0.636. The van der Waals surface area contributed by atoms with Crippen molar-refractivity contribution in [1.29, 1.82) is 0 Å². The molecule has 57 heavy (non-hydrogen) atoms. The lowest BCUT2D eigenvalue weighted by atomic mass is 9.77. The van der Waals surface area contributed by atoms with Gasteiger partial charge < -0.3 is 4.90 Å². The summed E-state index contributed by atoms with van der Waals surface area (Å²) in [6.07, 6.45) is 13.9. The summed E-state index contributed by atoms with van der Waals surface area (Å²) in [7, 11) is 0. The van der Waals surface area contributed by atoms with Crippen molar-refractivity contribution in [2.75, 3.05) is 4.90 Å². The van der Waals surface area contributed by atoms with E-state index in [9.17, 15) is 0 Å². The largest absolute Gasteiger partial charge is 0.332 e. The van der Waals surface area contributed by atoms with Crippen molar-refractivity contribution in [3.63, 3.8) is 0 Å². The maximum Gasteiger partial charge on any atom is 0.164 e. The molecule has 0 radical (unpaired) electrons. The van der Waals surface area contributed by atoms with Gasteiger partial charge in [-0.1, -0.05) is 98.8 Å². The molecule has 0 fully saturated rings. The first-order valence-electron chi connectivity index (χ1n) is 19.7. The first kappa shape index (κ1) is 32.4. The van der Waals surface area contributed by atoms with Crippen molar-refractivity contribution in [1.82, 2.24) is 15.0 Å². The minimum Gasteiger partial charge on any atom is -0.332 e. The molecule has 4 aliphatic rings. The SMILES string of the molecule is CC1(C)c2cccc3c2N(c2c1sc1ccccc21)C1C=CC(c2nc(-c4ccc5sc6c(c5c4)C=CCC6)nc(-c4ccc5sc6ccccc6c5c4)n2)=CC31. The maximum atomic E-state index is 5.32. The van der Waals surface area contributed by atoms with Crippen molar-refractivity contribution in [3.05, 3.63) is 160 Å². The van der Waals surface area contributed by atoms with Crippen LogP contribution in [0.4, 0.5) is 11.4 Å². The average Bonchev–Trinajstić information content (AvgIpc) is 4.01. The minimum absolute atomic E-state index is 0.101. The molecule has 2 aliphatic carbocycles. The predicted octanol–water partition coefficient (Wildman–Crippen LogP) is 13.9. The molecule has 2 unspecified atom stereocenters. The summed E-state index contributed by atoms with van der Waals surface area (Å²) in [5.41, 5.74) is 9.81. The van der Waals surface area contributed by atoms with Crippen LogP contribution in [-0.4, -0.2) is 21.0 Å². The van der Waals surface area contributed by atoms with Crippen LogP contribution in [0, 0.1) is 0 Å². The van der Waals surface area contributed by atoms with Crippen LogP contribution in [0.15, 0.2) is 127 Å². The van der Waals surface area contributed by atoms with Crippen LogP contribution in [0.5, 0.6) is 0 Å². The first-order chi connectivity index (χ1) is 28.0. The molecule has 0 bridgehead atoms. The summed E-state index contributed by atoms with van der Waals surface area (Å²) >= 11 is 5.70. The zero-order valence-corrected chi connectivity index (χ0v) is 33.7. The number of anilines is 2. The Balaban J connectivity index is 0.992. The Kier molecular flexibility index (Phi) is 6.63. The highest BCUT2D eigenvalue weighted by molar-refractivity contribution is 7.25. The van der Waals surface area contributed by atoms with E-state index < -0.39 is 0 Å². The van der Waals surface area contributed by atoms with Crippen LogP contribution in [0.2, 0.25) is 0 Å². The first-order valence-corrected chi connectivity index (χ1v) is 22.2. The maximum absolute atomic E-state index is 5.32. The van der Waals surface area contributed by atoms with Crippen LogP contribution >= 0.6 is 34.0 Å². The number of para-hydroxylation sites is 1. The third-order valence-electron chi connectivity index (χ3n) is 12.6. The fourth-order valence-electron chi connectivity index (χ4n) is 9.89. The fourth-order valence-corrected chi connectivity index (χ4v) is 13.5. The monoisotopic (exact) mass is 786 g/mol. The molecule has 0 spiro atoms. The number of aryl methyl sites for hydroxylation is 1. The van der Waals surface area contributed by atoms with E-state index in [0.717, 1.165) is 29.5 Å². The van der Waals surface area contributed by atoms with E-state index in [4.69, 9.17) is 15.0 Å². The minimum atomic E-state index is -0.101. The molecular formula is C50H34N4S3. The van der Waals surface area contributed by atoms with Gasteiger partial charge in [0.05, 0.1) is 11.7 Å². The highest BCUT2D eigenvalue weighted by Gasteiger charge is 2.48. The number of rotatable bonds is 3. The topological polar surface area (TPSA) is 41.9 Å². The zero-order chi connectivity index (χ0) is 37.6. The van der Waals surface area contributed by atoms with Gasteiger partial charge in [0, 0.05) is 83.8 Å².